The Bertz CT molecular complexity index is 934. The summed E-state index contributed by atoms with van der Waals surface area (Å²) in [6.45, 7) is 6.95. The number of carbonyl (C=O) groups is 1. The van der Waals surface area contributed by atoms with Crippen LogP contribution in [0.4, 0.5) is 0 Å². The van der Waals surface area contributed by atoms with E-state index in [-0.39, 0.29) is 5.91 Å². The molecule has 2 aromatic carbocycles. The van der Waals surface area contributed by atoms with E-state index in [1.54, 1.807) is 0 Å². The van der Waals surface area contributed by atoms with Gasteiger partial charge in [0, 0.05) is 17.8 Å². The fourth-order valence-electron chi connectivity index (χ4n) is 2.85. The maximum Gasteiger partial charge on any atom is 0.230 e. The minimum atomic E-state index is 0.0222. The number of aromatic nitrogens is 3. The summed E-state index contributed by atoms with van der Waals surface area (Å²) in [7, 11) is 0. The molecule has 3 aromatic rings. The average Bonchev–Trinajstić information content (AvgIpc) is 3.11. The standard InChI is InChI=1S/C22H26N4OS/c1-4-5-13-23-20(27)15-28-22-25-24-21(18-8-6-7-17(3)14-18)26(22)19-11-9-16(2)10-12-19/h6-12,14H,4-5,13,15H2,1-3H3,(H,23,27). The van der Waals surface area contributed by atoms with Crippen LogP contribution in [-0.4, -0.2) is 33.0 Å². The molecule has 0 unspecified atom stereocenters. The van der Waals surface area contributed by atoms with Gasteiger partial charge >= 0.3 is 0 Å². The molecule has 0 aliphatic heterocycles. The summed E-state index contributed by atoms with van der Waals surface area (Å²) in [5, 5.41) is 12.5. The van der Waals surface area contributed by atoms with Gasteiger partial charge in [0.05, 0.1) is 5.75 Å². The number of hydrogen-bond acceptors (Lipinski definition) is 4. The number of aryl methyl sites for hydroxylation is 2. The Morgan fingerprint density at radius 3 is 2.57 bits per heavy atom. The van der Waals surface area contributed by atoms with Gasteiger partial charge in [0.1, 0.15) is 0 Å². The molecule has 1 amide bonds. The molecule has 6 heteroatoms. The number of carbonyl (C=O) groups excluding carboxylic acids is 1. The quantitative estimate of drug-likeness (QED) is 0.449. The van der Waals surface area contributed by atoms with Gasteiger partial charge < -0.3 is 5.32 Å². The van der Waals surface area contributed by atoms with Gasteiger partial charge in [-0.2, -0.15) is 0 Å². The van der Waals surface area contributed by atoms with E-state index in [0.717, 1.165) is 36.5 Å². The highest BCUT2D eigenvalue weighted by atomic mass is 32.2. The van der Waals surface area contributed by atoms with Crippen LogP contribution < -0.4 is 5.32 Å². The molecular formula is C22H26N4OS. The van der Waals surface area contributed by atoms with Crippen LogP contribution in [0.2, 0.25) is 0 Å². The third kappa shape index (κ3) is 5.01. The molecule has 0 spiro atoms. The summed E-state index contributed by atoms with van der Waals surface area (Å²) in [4.78, 5) is 12.1. The van der Waals surface area contributed by atoms with E-state index < -0.39 is 0 Å². The van der Waals surface area contributed by atoms with Crippen molar-refractivity contribution < 1.29 is 4.79 Å². The van der Waals surface area contributed by atoms with Crippen LogP contribution in [-0.2, 0) is 4.79 Å². The summed E-state index contributed by atoms with van der Waals surface area (Å²) < 4.78 is 2.03. The molecule has 1 N–H and O–H groups in total. The molecule has 3 rings (SSSR count). The van der Waals surface area contributed by atoms with Gasteiger partial charge in [-0.25, -0.2) is 0 Å². The molecular weight excluding hydrogens is 368 g/mol. The highest BCUT2D eigenvalue weighted by Gasteiger charge is 2.17. The SMILES string of the molecule is CCCCNC(=O)CSc1nnc(-c2cccc(C)c2)n1-c1ccc(C)cc1. The van der Waals surface area contributed by atoms with Gasteiger partial charge in [-0.05, 0) is 38.5 Å². The lowest BCUT2D eigenvalue weighted by Crippen LogP contribution is -2.26. The number of nitrogens with one attached hydrogen (secondary N) is 1. The topological polar surface area (TPSA) is 59.8 Å². The van der Waals surface area contributed by atoms with Crippen LogP contribution in [0.1, 0.15) is 30.9 Å². The van der Waals surface area contributed by atoms with E-state index >= 15 is 0 Å². The summed E-state index contributed by atoms with van der Waals surface area (Å²) in [6.07, 6.45) is 2.06. The van der Waals surface area contributed by atoms with E-state index in [0.29, 0.717) is 10.9 Å². The summed E-state index contributed by atoms with van der Waals surface area (Å²) in [5.41, 5.74) is 4.35. The van der Waals surface area contributed by atoms with Gasteiger partial charge in [-0.1, -0.05) is 66.6 Å². The van der Waals surface area contributed by atoms with Crippen molar-refractivity contribution in [1.29, 1.82) is 0 Å². The molecule has 5 nitrogen and oxygen atoms in total. The maximum absolute atomic E-state index is 12.1. The van der Waals surface area contributed by atoms with Gasteiger partial charge in [-0.3, -0.25) is 9.36 Å². The van der Waals surface area contributed by atoms with Crippen molar-refractivity contribution in [1.82, 2.24) is 20.1 Å². The van der Waals surface area contributed by atoms with Crippen molar-refractivity contribution in [2.75, 3.05) is 12.3 Å². The number of nitrogens with zero attached hydrogens (tertiary/aromatic N) is 3. The zero-order chi connectivity index (χ0) is 19.9. The fraction of sp³-hybridized carbons (Fsp3) is 0.318. The Kier molecular flexibility index (Phi) is 6.87. The Balaban J connectivity index is 1.90. The molecule has 0 saturated heterocycles. The van der Waals surface area contributed by atoms with Crippen LogP contribution in [0.15, 0.2) is 53.7 Å². The van der Waals surface area contributed by atoms with Crippen molar-refractivity contribution in [3.05, 3.63) is 59.7 Å². The molecule has 0 bridgehead atoms. The summed E-state index contributed by atoms with van der Waals surface area (Å²) >= 11 is 1.41. The Hall–Kier alpha value is -2.60. The minimum Gasteiger partial charge on any atom is -0.355 e. The molecule has 1 heterocycles. The van der Waals surface area contributed by atoms with E-state index in [9.17, 15) is 4.79 Å². The third-order valence-electron chi connectivity index (χ3n) is 4.39. The van der Waals surface area contributed by atoms with Gasteiger partial charge in [0.25, 0.3) is 0 Å². The smallest absolute Gasteiger partial charge is 0.230 e. The molecule has 0 atom stereocenters. The molecule has 0 saturated carbocycles. The van der Waals surface area contributed by atoms with Crippen molar-refractivity contribution in [2.24, 2.45) is 0 Å². The Morgan fingerprint density at radius 2 is 1.86 bits per heavy atom. The molecule has 0 fully saturated rings. The van der Waals surface area contributed by atoms with E-state index in [1.807, 2.05) is 16.7 Å². The zero-order valence-electron chi connectivity index (χ0n) is 16.6. The first-order chi connectivity index (χ1) is 13.6. The maximum atomic E-state index is 12.1. The minimum absolute atomic E-state index is 0.0222. The summed E-state index contributed by atoms with van der Waals surface area (Å²) in [6, 6.07) is 16.5. The van der Waals surface area contributed by atoms with E-state index in [4.69, 9.17) is 0 Å². The van der Waals surface area contributed by atoms with Crippen molar-refractivity contribution in [3.63, 3.8) is 0 Å². The number of benzene rings is 2. The Morgan fingerprint density at radius 1 is 1.07 bits per heavy atom. The largest absolute Gasteiger partial charge is 0.355 e. The number of rotatable bonds is 8. The molecule has 0 aliphatic rings. The van der Waals surface area contributed by atoms with Crippen LogP contribution in [0.5, 0.6) is 0 Å². The average molecular weight is 395 g/mol. The lowest BCUT2D eigenvalue weighted by molar-refractivity contribution is -0.118. The van der Waals surface area contributed by atoms with E-state index in [1.165, 1.54) is 22.9 Å². The van der Waals surface area contributed by atoms with Gasteiger partial charge in [0.15, 0.2) is 11.0 Å². The predicted molar refractivity (Wildman–Crippen MR) is 115 cm³/mol. The monoisotopic (exact) mass is 394 g/mol. The van der Waals surface area contributed by atoms with Crippen LogP contribution in [0.3, 0.4) is 0 Å². The molecule has 1 aromatic heterocycles. The highest BCUT2D eigenvalue weighted by molar-refractivity contribution is 7.99. The molecule has 28 heavy (non-hydrogen) atoms. The second-order valence-corrected chi connectivity index (χ2v) is 7.78. The molecule has 0 radical (unpaired) electrons. The molecule has 0 aliphatic carbocycles. The summed E-state index contributed by atoms with van der Waals surface area (Å²) in [5.74, 6) is 1.12. The first-order valence-corrected chi connectivity index (χ1v) is 10.6. The fourth-order valence-corrected chi connectivity index (χ4v) is 3.63. The number of thioether (sulfide) groups is 1. The zero-order valence-corrected chi connectivity index (χ0v) is 17.4. The van der Waals surface area contributed by atoms with Crippen LogP contribution >= 0.6 is 11.8 Å². The van der Waals surface area contributed by atoms with Gasteiger partial charge in [-0.15, -0.1) is 10.2 Å². The van der Waals surface area contributed by atoms with E-state index in [2.05, 4.69) is 72.7 Å². The predicted octanol–water partition coefficient (Wildman–Crippen LogP) is 4.56. The van der Waals surface area contributed by atoms with Crippen molar-refractivity contribution in [3.8, 4) is 17.1 Å². The van der Waals surface area contributed by atoms with Crippen molar-refractivity contribution in [2.45, 2.75) is 38.8 Å². The first-order valence-electron chi connectivity index (χ1n) is 9.57. The normalized spacial score (nSPS) is 10.8. The molecule has 146 valence electrons. The second-order valence-electron chi connectivity index (χ2n) is 6.84. The third-order valence-corrected chi connectivity index (χ3v) is 5.32. The lowest BCUT2D eigenvalue weighted by Gasteiger charge is -2.11. The number of unbranched alkanes of at least 4 members (excludes halogenated alkanes) is 1. The highest BCUT2D eigenvalue weighted by Crippen LogP contribution is 2.28. The second kappa shape index (κ2) is 9.55. The van der Waals surface area contributed by atoms with Crippen LogP contribution in [0.25, 0.3) is 17.1 Å². The lowest BCUT2D eigenvalue weighted by atomic mass is 10.1. The van der Waals surface area contributed by atoms with Gasteiger partial charge in [0.2, 0.25) is 5.91 Å². The number of hydrogen-bond donors (Lipinski definition) is 1. The first kappa shape index (κ1) is 20.1. The van der Waals surface area contributed by atoms with Crippen LogP contribution in [0, 0.1) is 13.8 Å². The Labute approximate surface area is 170 Å². The van der Waals surface area contributed by atoms with Crippen molar-refractivity contribution >= 4 is 17.7 Å². The number of amides is 1.